The third kappa shape index (κ3) is 3.56. The van der Waals surface area contributed by atoms with Gasteiger partial charge in [0.1, 0.15) is 5.15 Å². The minimum absolute atomic E-state index is 0.0683. The molecule has 1 aromatic carbocycles. The zero-order chi connectivity index (χ0) is 15.6. The summed E-state index contributed by atoms with van der Waals surface area (Å²) in [6, 6.07) is 5.79. The van der Waals surface area contributed by atoms with Crippen LogP contribution in [-0.4, -0.2) is 15.8 Å². The van der Waals surface area contributed by atoms with E-state index in [1.54, 1.807) is 13.0 Å². The summed E-state index contributed by atoms with van der Waals surface area (Å²) < 4.78 is 0.555. The van der Waals surface area contributed by atoms with E-state index in [1.807, 2.05) is 0 Å². The molecule has 0 spiro atoms. The lowest BCUT2D eigenvalue weighted by atomic mass is 10.1. The van der Waals surface area contributed by atoms with Crippen molar-refractivity contribution in [2.45, 2.75) is 6.92 Å². The van der Waals surface area contributed by atoms with E-state index in [4.69, 9.17) is 11.6 Å². The molecule has 0 saturated heterocycles. The SMILES string of the molecule is Cc1cc(Br)c(NC(=O)c2ccnc(Cl)c2)cc1[N+](=O)[O-]. The number of hydrogen-bond donors (Lipinski definition) is 1. The van der Waals surface area contributed by atoms with Crippen LogP contribution in [0.1, 0.15) is 15.9 Å². The van der Waals surface area contributed by atoms with Gasteiger partial charge in [0.2, 0.25) is 0 Å². The number of halogens is 2. The van der Waals surface area contributed by atoms with E-state index in [2.05, 4.69) is 26.2 Å². The molecule has 0 atom stereocenters. The second kappa shape index (κ2) is 6.19. The molecule has 1 aromatic heterocycles. The highest BCUT2D eigenvalue weighted by Gasteiger charge is 2.16. The van der Waals surface area contributed by atoms with Crippen molar-refractivity contribution in [3.8, 4) is 0 Å². The molecule has 0 saturated carbocycles. The third-order valence-electron chi connectivity index (χ3n) is 2.72. The van der Waals surface area contributed by atoms with Gasteiger partial charge >= 0.3 is 0 Å². The Labute approximate surface area is 133 Å². The molecule has 2 aromatic rings. The molecule has 0 aliphatic carbocycles. The lowest BCUT2D eigenvalue weighted by Gasteiger charge is -2.09. The number of amides is 1. The Kier molecular flexibility index (Phi) is 4.54. The predicted molar refractivity (Wildman–Crippen MR) is 82.7 cm³/mol. The Morgan fingerprint density at radius 2 is 2.14 bits per heavy atom. The first-order chi connectivity index (χ1) is 9.88. The monoisotopic (exact) mass is 369 g/mol. The minimum Gasteiger partial charge on any atom is -0.321 e. The van der Waals surface area contributed by atoms with Crippen LogP contribution in [0.2, 0.25) is 5.15 Å². The normalized spacial score (nSPS) is 10.2. The summed E-state index contributed by atoms with van der Waals surface area (Å²) in [6.07, 6.45) is 1.41. The van der Waals surface area contributed by atoms with Gasteiger partial charge in [-0.25, -0.2) is 4.98 Å². The number of benzene rings is 1. The first kappa shape index (κ1) is 15.4. The number of anilines is 1. The molecule has 108 valence electrons. The van der Waals surface area contributed by atoms with Gasteiger partial charge in [0, 0.05) is 27.9 Å². The number of carbonyl (C=O) groups excluding carboxylic acids is 1. The molecule has 0 fully saturated rings. The van der Waals surface area contributed by atoms with Gasteiger partial charge in [-0.2, -0.15) is 0 Å². The maximum absolute atomic E-state index is 12.1. The number of nitro groups is 1. The standard InChI is InChI=1S/C13H9BrClN3O3/c1-7-4-9(14)10(6-11(7)18(20)21)17-13(19)8-2-3-16-12(15)5-8/h2-6H,1H3,(H,17,19). The quantitative estimate of drug-likeness (QED) is 0.503. The molecule has 6 nitrogen and oxygen atoms in total. The maximum atomic E-state index is 12.1. The summed E-state index contributed by atoms with van der Waals surface area (Å²) in [5.74, 6) is -0.432. The molecule has 0 unspecified atom stereocenters. The van der Waals surface area contributed by atoms with E-state index in [0.29, 0.717) is 21.3 Å². The fourth-order valence-electron chi connectivity index (χ4n) is 1.69. The van der Waals surface area contributed by atoms with Gasteiger partial charge in [-0.1, -0.05) is 11.6 Å². The number of hydrogen-bond acceptors (Lipinski definition) is 4. The number of pyridine rings is 1. The van der Waals surface area contributed by atoms with Crippen molar-refractivity contribution in [1.82, 2.24) is 4.98 Å². The fourth-order valence-corrected chi connectivity index (χ4v) is 2.42. The van der Waals surface area contributed by atoms with Gasteiger partial charge in [0.25, 0.3) is 11.6 Å². The van der Waals surface area contributed by atoms with Crippen molar-refractivity contribution in [2.24, 2.45) is 0 Å². The average Bonchev–Trinajstić information content (AvgIpc) is 2.41. The van der Waals surface area contributed by atoms with Crippen LogP contribution in [0.15, 0.2) is 34.9 Å². The summed E-state index contributed by atoms with van der Waals surface area (Å²) in [6.45, 7) is 1.62. The summed E-state index contributed by atoms with van der Waals surface area (Å²) in [4.78, 5) is 26.3. The molecule has 1 amide bonds. The van der Waals surface area contributed by atoms with E-state index in [0.717, 1.165) is 0 Å². The van der Waals surface area contributed by atoms with Crippen molar-refractivity contribution in [3.63, 3.8) is 0 Å². The molecular formula is C13H9BrClN3O3. The number of aromatic nitrogens is 1. The number of rotatable bonds is 3. The number of nitro benzene ring substituents is 1. The summed E-state index contributed by atoms with van der Waals surface area (Å²) in [5.41, 5.74) is 1.05. The van der Waals surface area contributed by atoms with Gasteiger partial charge in [-0.05, 0) is 41.1 Å². The zero-order valence-electron chi connectivity index (χ0n) is 10.8. The highest BCUT2D eigenvalue weighted by atomic mass is 79.9. The molecule has 2 rings (SSSR count). The van der Waals surface area contributed by atoms with Gasteiger partial charge < -0.3 is 5.32 Å². The second-order valence-electron chi connectivity index (χ2n) is 4.20. The van der Waals surface area contributed by atoms with Crippen molar-refractivity contribution in [3.05, 3.63) is 61.3 Å². The number of nitrogens with one attached hydrogen (secondary N) is 1. The predicted octanol–water partition coefficient (Wildman–Crippen LogP) is 3.97. The number of carbonyl (C=O) groups is 1. The van der Waals surface area contributed by atoms with Crippen LogP contribution in [0.25, 0.3) is 0 Å². The topological polar surface area (TPSA) is 85.1 Å². The van der Waals surface area contributed by atoms with Gasteiger partial charge in [-0.3, -0.25) is 14.9 Å². The first-order valence-electron chi connectivity index (χ1n) is 5.76. The smallest absolute Gasteiger partial charge is 0.274 e. The lowest BCUT2D eigenvalue weighted by molar-refractivity contribution is -0.385. The highest BCUT2D eigenvalue weighted by Crippen LogP contribution is 2.31. The van der Waals surface area contributed by atoms with Crippen molar-refractivity contribution < 1.29 is 9.72 Å². The van der Waals surface area contributed by atoms with Gasteiger partial charge in [0.05, 0.1) is 10.6 Å². The lowest BCUT2D eigenvalue weighted by Crippen LogP contribution is -2.12. The van der Waals surface area contributed by atoms with Crippen LogP contribution in [0.3, 0.4) is 0 Å². The van der Waals surface area contributed by atoms with Crippen LogP contribution >= 0.6 is 27.5 Å². The second-order valence-corrected chi connectivity index (χ2v) is 5.44. The average molecular weight is 371 g/mol. The van der Waals surface area contributed by atoms with Gasteiger partial charge in [0.15, 0.2) is 0 Å². The fraction of sp³-hybridized carbons (Fsp3) is 0.0769. The minimum atomic E-state index is -0.499. The molecule has 0 radical (unpaired) electrons. The van der Waals surface area contributed by atoms with E-state index < -0.39 is 10.8 Å². The largest absolute Gasteiger partial charge is 0.321 e. The Hall–Kier alpha value is -1.99. The van der Waals surface area contributed by atoms with Crippen LogP contribution < -0.4 is 5.32 Å². The summed E-state index contributed by atoms with van der Waals surface area (Å²) in [5, 5.41) is 13.7. The molecule has 21 heavy (non-hydrogen) atoms. The van der Waals surface area contributed by atoms with Crippen LogP contribution in [0.5, 0.6) is 0 Å². The number of aryl methyl sites for hydroxylation is 1. The Balaban J connectivity index is 2.33. The third-order valence-corrected chi connectivity index (χ3v) is 3.58. The molecule has 1 heterocycles. The molecular weight excluding hydrogens is 362 g/mol. The van der Waals surface area contributed by atoms with Crippen LogP contribution in [0, 0.1) is 17.0 Å². The first-order valence-corrected chi connectivity index (χ1v) is 6.93. The Morgan fingerprint density at radius 1 is 1.43 bits per heavy atom. The summed E-state index contributed by atoms with van der Waals surface area (Å²) in [7, 11) is 0. The van der Waals surface area contributed by atoms with E-state index in [9.17, 15) is 14.9 Å². The zero-order valence-corrected chi connectivity index (χ0v) is 13.1. The molecule has 1 N–H and O–H groups in total. The van der Waals surface area contributed by atoms with Gasteiger partial charge in [-0.15, -0.1) is 0 Å². The molecule has 0 aliphatic rings. The number of nitrogens with zero attached hydrogens (tertiary/aromatic N) is 2. The van der Waals surface area contributed by atoms with E-state index in [-0.39, 0.29) is 10.8 Å². The molecule has 0 bridgehead atoms. The van der Waals surface area contributed by atoms with Crippen molar-refractivity contribution in [1.29, 1.82) is 0 Å². The van der Waals surface area contributed by atoms with E-state index in [1.165, 1.54) is 24.4 Å². The summed E-state index contributed by atoms with van der Waals surface area (Å²) >= 11 is 8.99. The van der Waals surface area contributed by atoms with Crippen molar-refractivity contribution in [2.75, 3.05) is 5.32 Å². The highest BCUT2D eigenvalue weighted by molar-refractivity contribution is 9.10. The molecule has 8 heteroatoms. The Morgan fingerprint density at radius 3 is 2.76 bits per heavy atom. The van der Waals surface area contributed by atoms with Crippen LogP contribution in [0.4, 0.5) is 11.4 Å². The van der Waals surface area contributed by atoms with Crippen molar-refractivity contribution >= 4 is 44.8 Å². The maximum Gasteiger partial charge on any atom is 0.274 e. The van der Waals surface area contributed by atoms with Crippen LogP contribution in [-0.2, 0) is 0 Å². The Bertz CT molecular complexity index is 737. The molecule has 0 aliphatic heterocycles. The van der Waals surface area contributed by atoms with E-state index >= 15 is 0 Å².